The van der Waals surface area contributed by atoms with Crippen LogP contribution in [0.2, 0.25) is 10.0 Å². The molecule has 0 unspecified atom stereocenters. The zero-order valence-corrected chi connectivity index (χ0v) is 18.5. The minimum Gasteiger partial charge on any atom is -0.490 e. The van der Waals surface area contributed by atoms with Crippen LogP contribution in [0.3, 0.4) is 0 Å². The number of para-hydroxylation sites is 1. The second kappa shape index (κ2) is 11.5. The second-order valence-corrected chi connectivity index (χ2v) is 8.08. The topological polar surface area (TPSA) is 30.5 Å². The number of hydrogen-bond donors (Lipinski definition) is 1. The van der Waals surface area contributed by atoms with Crippen LogP contribution in [-0.4, -0.2) is 13.2 Å². The second-order valence-electron chi connectivity index (χ2n) is 7.24. The Balaban J connectivity index is 1.64. The van der Waals surface area contributed by atoms with E-state index in [2.05, 4.69) is 17.5 Å². The summed E-state index contributed by atoms with van der Waals surface area (Å²) < 4.78 is 12.0. The molecule has 0 saturated carbocycles. The summed E-state index contributed by atoms with van der Waals surface area (Å²) in [5.74, 6) is 1.52. The van der Waals surface area contributed by atoms with E-state index < -0.39 is 0 Å². The van der Waals surface area contributed by atoms with Gasteiger partial charge in [-0.3, -0.25) is 0 Å². The lowest BCUT2D eigenvalue weighted by molar-refractivity contribution is 0.266. The standard InChI is InChI=1S/C24H29Cl2NO2/c1-2-28-23-10-6-9-19(16-27-14-13-18-7-4-3-5-8-18)24(23)29-17-20-11-12-21(25)15-22(20)26/h6-7,9-12,15,27H,2-5,8,13-14,16-17H2,1H3. The Hall–Kier alpha value is -1.68. The predicted octanol–water partition coefficient (Wildman–Crippen LogP) is 6.95. The van der Waals surface area contributed by atoms with Crippen molar-refractivity contribution in [2.45, 2.75) is 52.2 Å². The first-order chi connectivity index (χ1) is 14.2. The number of nitrogens with one attached hydrogen (secondary N) is 1. The van der Waals surface area contributed by atoms with Crippen molar-refractivity contribution in [2.75, 3.05) is 13.2 Å². The largest absolute Gasteiger partial charge is 0.490 e. The molecule has 0 atom stereocenters. The van der Waals surface area contributed by atoms with Crippen LogP contribution in [0.4, 0.5) is 0 Å². The third kappa shape index (κ3) is 6.67. The summed E-state index contributed by atoms with van der Waals surface area (Å²) in [6, 6.07) is 11.5. The highest BCUT2D eigenvalue weighted by Crippen LogP contribution is 2.33. The summed E-state index contributed by atoms with van der Waals surface area (Å²) in [5.41, 5.74) is 3.56. The Labute approximate surface area is 184 Å². The first-order valence-electron chi connectivity index (χ1n) is 10.4. The summed E-state index contributed by atoms with van der Waals surface area (Å²) in [4.78, 5) is 0. The molecule has 5 heteroatoms. The van der Waals surface area contributed by atoms with Gasteiger partial charge in [-0.15, -0.1) is 0 Å². The highest BCUT2D eigenvalue weighted by Gasteiger charge is 2.13. The maximum absolute atomic E-state index is 6.30. The van der Waals surface area contributed by atoms with Gasteiger partial charge >= 0.3 is 0 Å². The van der Waals surface area contributed by atoms with Crippen molar-refractivity contribution in [1.29, 1.82) is 0 Å². The number of benzene rings is 2. The summed E-state index contributed by atoms with van der Waals surface area (Å²) >= 11 is 12.3. The zero-order valence-electron chi connectivity index (χ0n) is 17.0. The molecular weight excluding hydrogens is 405 g/mol. The lowest BCUT2D eigenvalue weighted by Gasteiger charge is -2.17. The molecule has 0 bridgehead atoms. The lowest BCUT2D eigenvalue weighted by Crippen LogP contribution is -2.16. The molecule has 0 fully saturated rings. The van der Waals surface area contributed by atoms with Gasteiger partial charge in [0.05, 0.1) is 6.61 Å². The molecule has 1 aliphatic rings. The van der Waals surface area contributed by atoms with E-state index >= 15 is 0 Å². The van der Waals surface area contributed by atoms with E-state index in [-0.39, 0.29) is 0 Å². The van der Waals surface area contributed by atoms with Gasteiger partial charge in [0.1, 0.15) is 6.61 Å². The van der Waals surface area contributed by atoms with Gasteiger partial charge in [0, 0.05) is 27.7 Å². The number of hydrogen-bond acceptors (Lipinski definition) is 3. The van der Waals surface area contributed by atoms with E-state index in [1.807, 2.05) is 31.2 Å². The first kappa shape index (κ1) is 22.0. The van der Waals surface area contributed by atoms with Crippen LogP contribution in [0, 0.1) is 0 Å². The van der Waals surface area contributed by atoms with Gasteiger partial charge in [-0.1, -0.05) is 53.1 Å². The third-order valence-electron chi connectivity index (χ3n) is 5.07. The van der Waals surface area contributed by atoms with Crippen molar-refractivity contribution in [3.63, 3.8) is 0 Å². The summed E-state index contributed by atoms with van der Waals surface area (Å²) in [6.07, 6.45) is 8.66. The predicted molar refractivity (Wildman–Crippen MR) is 121 cm³/mol. The third-order valence-corrected chi connectivity index (χ3v) is 5.66. The maximum atomic E-state index is 6.30. The Kier molecular flexibility index (Phi) is 8.72. The highest BCUT2D eigenvalue weighted by molar-refractivity contribution is 6.35. The molecule has 2 aromatic carbocycles. The first-order valence-corrected chi connectivity index (χ1v) is 11.1. The molecule has 1 aliphatic carbocycles. The minimum absolute atomic E-state index is 0.361. The van der Waals surface area contributed by atoms with Crippen LogP contribution < -0.4 is 14.8 Å². The van der Waals surface area contributed by atoms with Gasteiger partial charge in [0.25, 0.3) is 0 Å². The van der Waals surface area contributed by atoms with Gasteiger partial charge in [-0.05, 0) is 63.8 Å². The van der Waals surface area contributed by atoms with Crippen LogP contribution in [-0.2, 0) is 13.2 Å². The van der Waals surface area contributed by atoms with Crippen molar-refractivity contribution < 1.29 is 9.47 Å². The fourth-order valence-electron chi connectivity index (χ4n) is 3.53. The van der Waals surface area contributed by atoms with Crippen molar-refractivity contribution >= 4 is 23.2 Å². The van der Waals surface area contributed by atoms with E-state index in [0.717, 1.165) is 42.1 Å². The van der Waals surface area contributed by atoms with E-state index in [9.17, 15) is 0 Å². The SMILES string of the molecule is CCOc1cccc(CNCCC2=CCCCC2)c1OCc1ccc(Cl)cc1Cl. The van der Waals surface area contributed by atoms with Crippen molar-refractivity contribution in [3.05, 3.63) is 69.2 Å². The van der Waals surface area contributed by atoms with Crippen molar-refractivity contribution in [1.82, 2.24) is 5.32 Å². The molecule has 0 amide bonds. The molecule has 0 aromatic heterocycles. The fourth-order valence-corrected chi connectivity index (χ4v) is 3.99. The zero-order chi connectivity index (χ0) is 20.5. The molecule has 1 N–H and O–H groups in total. The van der Waals surface area contributed by atoms with Crippen LogP contribution in [0.1, 0.15) is 50.2 Å². The van der Waals surface area contributed by atoms with Gasteiger partial charge in [-0.2, -0.15) is 0 Å². The van der Waals surface area contributed by atoms with Crippen LogP contribution in [0.25, 0.3) is 0 Å². The van der Waals surface area contributed by atoms with Gasteiger partial charge in [-0.25, -0.2) is 0 Å². The number of halogens is 2. The van der Waals surface area contributed by atoms with Crippen LogP contribution in [0.15, 0.2) is 48.0 Å². The summed E-state index contributed by atoms with van der Waals surface area (Å²) in [5, 5.41) is 4.78. The molecule has 0 saturated heterocycles. The number of ether oxygens (including phenoxy) is 2. The monoisotopic (exact) mass is 433 g/mol. The molecule has 0 radical (unpaired) electrons. The van der Waals surface area contributed by atoms with E-state index in [4.69, 9.17) is 32.7 Å². The number of rotatable bonds is 10. The molecular formula is C24H29Cl2NO2. The van der Waals surface area contributed by atoms with Crippen molar-refractivity contribution in [2.24, 2.45) is 0 Å². The Morgan fingerprint density at radius 2 is 1.93 bits per heavy atom. The van der Waals surface area contributed by atoms with Gasteiger partial charge in [0.2, 0.25) is 0 Å². The molecule has 29 heavy (non-hydrogen) atoms. The van der Waals surface area contributed by atoms with Crippen LogP contribution in [0.5, 0.6) is 11.5 Å². The fraction of sp³-hybridized carbons (Fsp3) is 0.417. The average Bonchev–Trinajstić information content (AvgIpc) is 2.73. The molecule has 0 heterocycles. The molecule has 156 valence electrons. The summed E-state index contributed by atoms with van der Waals surface area (Å²) in [7, 11) is 0. The average molecular weight is 434 g/mol. The molecule has 3 nitrogen and oxygen atoms in total. The van der Waals surface area contributed by atoms with Gasteiger partial charge < -0.3 is 14.8 Å². The van der Waals surface area contributed by atoms with Gasteiger partial charge in [0.15, 0.2) is 11.5 Å². The van der Waals surface area contributed by atoms with E-state index in [1.54, 1.807) is 11.6 Å². The Bertz CT molecular complexity index is 836. The normalized spacial score (nSPS) is 13.8. The quantitative estimate of drug-likeness (QED) is 0.324. The Morgan fingerprint density at radius 1 is 1.03 bits per heavy atom. The molecule has 0 spiro atoms. The van der Waals surface area contributed by atoms with Crippen molar-refractivity contribution in [3.8, 4) is 11.5 Å². The van der Waals surface area contributed by atoms with E-state index in [1.165, 1.54) is 25.7 Å². The molecule has 3 rings (SSSR count). The van der Waals surface area contributed by atoms with E-state index in [0.29, 0.717) is 23.3 Å². The lowest BCUT2D eigenvalue weighted by atomic mass is 9.97. The maximum Gasteiger partial charge on any atom is 0.166 e. The molecule has 0 aliphatic heterocycles. The van der Waals surface area contributed by atoms with Crippen LogP contribution >= 0.6 is 23.2 Å². The summed E-state index contributed by atoms with van der Waals surface area (Å²) in [6.45, 7) is 4.62. The molecule has 2 aromatic rings. The highest BCUT2D eigenvalue weighted by atomic mass is 35.5. The number of allylic oxidation sites excluding steroid dienone is 1. The Morgan fingerprint density at radius 3 is 2.69 bits per heavy atom. The minimum atomic E-state index is 0.361. The smallest absolute Gasteiger partial charge is 0.166 e.